The zero-order chi connectivity index (χ0) is 10.5. The summed E-state index contributed by atoms with van der Waals surface area (Å²) in [5, 5.41) is 7.31. The second-order valence-corrected chi connectivity index (χ2v) is 4.20. The van der Waals surface area contributed by atoms with Gasteiger partial charge in [-0.2, -0.15) is 4.98 Å². The summed E-state index contributed by atoms with van der Waals surface area (Å²) in [6.07, 6.45) is 6.19. The van der Waals surface area contributed by atoms with Gasteiger partial charge in [0.25, 0.3) is 0 Å². The van der Waals surface area contributed by atoms with Gasteiger partial charge in [-0.25, -0.2) is 0 Å². The van der Waals surface area contributed by atoms with Gasteiger partial charge in [0, 0.05) is 5.92 Å². The Morgan fingerprint density at radius 1 is 1.40 bits per heavy atom. The van der Waals surface area contributed by atoms with E-state index in [2.05, 4.69) is 22.4 Å². The third-order valence-corrected chi connectivity index (χ3v) is 2.91. The molecular weight excluding hydrogens is 190 g/mol. The fourth-order valence-electron chi connectivity index (χ4n) is 2.06. The van der Waals surface area contributed by atoms with Gasteiger partial charge in [-0.3, -0.25) is 0 Å². The molecule has 0 aromatic carbocycles. The zero-order valence-corrected chi connectivity index (χ0v) is 9.33. The van der Waals surface area contributed by atoms with E-state index in [0.717, 1.165) is 24.7 Å². The van der Waals surface area contributed by atoms with Gasteiger partial charge in [-0.15, -0.1) is 0 Å². The van der Waals surface area contributed by atoms with Gasteiger partial charge in [-0.1, -0.05) is 24.9 Å². The Labute approximate surface area is 90.4 Å². The normalized spacial score (nSPS) is 17.4. The molecule has 4 nitrogen and oxygen atoms in total. The molecule has 84 valence electrons. The number of hydrogen-bond acceptors (Lipinski definition) is 4. The van der Waals surface area contributed by atoms with Crippen molar-refractivity contribution in [2.24, 2.45) is 0 Å². The molecule has 0 spiro atoms. The smallest absolute Gasteiger partial charge is 0.240 e. The maximum absolute atomic E-state index is 5.20. The molecular formula is C11H19N3O. The minimum atomic E-state index is 0.550. The summed E-state index contributed by atoms with van der Waals surface area (Å²) in [5.74, 6) is 2.19. The predicted molar refractivity (Wildman–Crippen MR) is 57.5 cm³/mol. The molecule has 0 saturated heterocycles. The minimum absolute atomic E-state index is 0.550. The highest BCUT2D eigenvalue weighted by Crippen LogP contribution is 2.32. The molecule has 0 radical (unpaired) electrons. The summed E-state index contributed by atoms with van der Waals surface area (Å²) < 4.78 is 5.20. The molecule has 1 aliphatic rings. The average Bonchev–Trinajstić information content (AvgIpc) is 2.87. The molecule has 0 atom stereocenters. The molecule has 0 unspecified atom stereocenters. The lowest BCUT2D eigenvalue weighted by atomic mass is 10.1. The van der Waals surface area contributed by atoms with Crippen molar-refractivity contribution in [1.29, 1.82) is 0 Å². The highest BCUT2D eigenvalue weighted by Gasteiger charge is 2.21. The summed E-state index contributed by atoms with van der Waals surface area (Å²) in [6.45, 7) is 3.85. The second-order valence-electron chi connectivity index (χ2n) is 4.20. The second kappa shape index (κ2) is 5.26. The van der Waals surface area contributed by atoms with Crippen LogP contribution in [-0.4, -0.2) is 16.7 Å². The van der Waals surface area contributed by atoms with E-state index in [9.17, 15) is 0 Å². The van der Waals surface area contributed by atoms with Crippen LogP contribution in [0.2, 0.25) is 0 Å². The summed E-state index contributed by atoms with van der Waals surface area (Å²) in [4.78, 5) is 4.42. The lowest BCUT2D eigenvalue weighted by Gasteiger charge is -1.99. The summed E-state index contributed by atoms with van der Waals surface area (Å²) in [7, 11) is 0. The molecule has 1 aliphatic carbocycles. The van der Waals surface area contributed by atoms with Gasteiger partial charge >= 0.3 is 0 Å². The maximum atomic E-state index is 5.20. The van der Waals surface area contributed by atoms with Gasteiger partial charge in [0.1, 0.15) is 0 Å². The van der Waals surface area contributed by atoms with Crippen LogP contribution in [0.25, 0.3) is 0 Å². The van der Waals surface area contributed by atoms with Crippen LogP contribution < -0.4 is 5.32 Å². The lowest BCUT2D eigenvalue weighted by molar-refractivity contribution is 0.360. The van der Waals surface area contributed by atoms with Crippen molar-refractivity contribution in [3.05, 3.63) is 11.7 Å². The number of nitrogens with zero attached hydrogens (tertiary/aromatic N) is 2. The number of nitrogens with one attached hydrogen (secondary N) is 1. The van der Waals surface area contributed by atoms with Gasteiger partial charge in [0.2, 0.25) is 5.89 Å². The average molecular weight is 209 g/mol. The van der Waals surface area contributed by atoms with Crippen LogP contribution in [0.3, 0.4) is 0 Å². The fraction of sp³-hybridized carbons (Fsp3) is 0.818. The van der Waals surface area contributed by atoms with Crippen LogP contribution in [-0.2, 0) is 6.54 Å². The molecule has 1 N–H and O–H groups in total. The number of aromatic nitrogens is 2. The molecule has 0 aliphatic heterocycles. The topological polar surface area (TPSA) is 51.0 Å². The van der Waals surface area contributed by atoms with Crippen molar-refractivity contribution in [3.63, 3.8) is 0 Å². The molecule has 1 heterocycles. The highest BCUT2D eigenvalue weighted by molar-refractivity contribution is 4.97. The summed E-state index contributed by atoms with van der Waals surface area (Å²) >= 11 is 0. The van der Waals surface area contributed by atoms with Crippen LogP contribution in [0.4, 0.5) is 0 Å². The van der Waals surface area contributed by atoms with Gasteiger partial charge in [-0.05, 0) is 25.8 Å². The van der Waals surface area contributed by atoms with Gasteiger partial charge < -0.3 is 9.84 Å². The molecule has 0 bridgehead atoms. The van der Waals surface area contributed by atoms with E-state index in [1.807, 2.05) is 0 Å². The fourth-order valence-corrected chi connectivity index (χ4v) is 2.06. The summed E-state index contributed by atoms with van der Waals surface area (Å²) in [6, 6.07) is 0. The Kier molecular flexibility index (Phi) is 3.72. The standard InChI is InChI=1S/C11H19N3O/c1-2-7-12-8-10-13-11(14-15-10)9-5-3-4-6-9/h9,12H,2-8H2,1H3. The molecule has 4 heteroatoms. The van der Waals surface area contributed by atoms with Crippen molar-refractivity contribution in [3.8, 4) is 0 Å². The molecule has 1 aromatic heterocycles. The van der Waals surface area contributed by atoms with Crippen LogP contribution in [0.15, 0.2) is 4.52 Å². The Morgan fingerprint density at radius 3 is 2.93 bits per heavy atom. The first-order valence-electron chi connectivity index (χ1n) is 5.93. The van der Waals surface area contributed by atoms with Crippen molar-refractivity contribution in [2.75, 3.05) is 6.54 Å². The van der Waals surface area contributed by atoms with Gasteiger partial charge in [0.15, 0.2) is 5.82 Å². The van der Waals surface area contributed by atoms with Crippen LogP contribution in [0.5, 0.6) is 0 Å². The minimum Gasteiger partial charge on any atom is -0.338 e. The number of hydrogen-bond donors (Lipinski definition) is 1. The van der Waals surface area contributed by atoms with Crippen molar-refractivity contribution in [1.82, 2.24) is 15.5 Å². The lowest BCUT2D eigenvalue weighted by Crippen LogP contribution is -2.14. The Hall–Kier alpha value is -0.900. The van der Waals surface area contributed by atoms with E-state index in [1.165, 1.54) is 25.7 Å². The molecule has 2 rings (SSSR count). The van der Waals surface area contributed by atoms with Crippen LogP contribution >= 0.6 is 0 Å². The van der Waals surface area contributed by atoms with E-state index in [1.54, 1.807) is 0 Å². The predicted octanol–water partition coefficient (Wildman–Crippen LogP) is 2.23. The quantitative estimate of drug-likeness (QED) is 0.755. The first kappa shape index (κ1) is 10.6. The zero-order valence-electron chi connectivity index (χ0n) is 9.33. The number of rotatable bonds is 5. The third-order valence-electron chi connectivity index (χ3n) is 2.91. The Bertz CT molecular complexity index is 292. The molecule has 1 saturated carbocycles. The molecule has 0 amide bonds. The Morgan fingerprint density at radius 2 is 2.20 bits per heavy atom. The first-order valence-corrected chi connectivity index (χ1v) is 5.93. The van der Waals surface area contributed by atoms with E-state index in [-0.39, 0.29) is 0 Å². The third kappa shape index (κ3) is 2.78. The monoisotopic (exact) mass is 209 g/mol. The van der Waals surface area contributed by atoms with E-state index in [4.69, 9.17) is 4.52 Å². The SMILES string of the molecule is CCCNCc1nc(C2CCCC2)no1. The van der Waals surface area contributed by atoms with E-state index < -0.39 is 0 Å². The molecule has 1 fully saturated rings. The van der Waals surface area contributed by atoms with E-state index in [0.29, 0.717) is 12.5 Å². The molecule has 15 heavy (non-hydrogen) atoms. The van der Waals surface area contributed by atoms with Gasteiger partial charge in [0.05, 0.1) is 6.54 Å². The van der Waals surface area contributed by atoms with E-state index >= 15 is 0 Å². The van der Waals surface area contributed by atoms with Crippen molar-refractivity contribution < 1.29 is 4.52 Å². The first-order chi connectivity index (χ1) is 7.40. The largest absolute Gasteiger partial charge is 0.338 e. The summed E-state index contributed by atoms with van der Waals surface area (Å²) in [5.41, 5.74) is 0. The van der Waals surface area contributed by atoms with Crippen molar-refractivity contribution >= 4 is 0 Å². The van der Waals surface area contributed by atoms with Crippen molar-refractivity contribution in [2.45, 2.75) is 51.5 Å². The highest BCUT2D eigenvalue weighted by atomic mass is 16.5. The maximum Gasteiger partial charge on any atom is 0.240 e. The Balaban J connectivity index is 1.86. The molecule has 1 aromatic rings. The van der Waals surface area contributed by atoms with Crippen LogP contribution in [0, 0.1) is 0 Å². The van der Waals surface area contributed by atoms with Crippen LogP contribution in [0.1, 0.15) is 56.7 Å².